The highest BCUT2D eigenvalue weighted by Gasteiger charge is 2.19. The molecule has 2 rings (SSSR count). The Balaban J connectivity index is 1.98. The molecule has 1 aromatic heterocycles. The smallest absolute Gasteiger partial charge is 0.337 e. The predicted octanol–water partition coefficient (Wildman–Crippen LogP) is 1.66. The first kappa shape index (κ1) is 20.5. The highest BCUT2D eigenvalue weighted by atomic mass is 32.2. The maximum Gasteiger partial charge on any atom is 0.337 e. The van der Waals surface area contributed by atoms with Crippen molar-refractivity contribution >= 4 is 27.6 Å². The zero-order valence-corrected chi connectivity index (χ0v) is 15.9. The molecular weight excluding hydrogens is 370 g/mol. The van der Waals surface area contributed by atoms with Crippen LogP contribution in [0.1, 0.15) is 22.5 Å². The number of carbonyl (C=O) groups excluding carboxylic acids is 2. The third kappa shape index (κ3) is 6.46. The molecule has 0 aliphatic carbocycles. The van der Waals surface area contributed by atoms with Gasteiger partial charge in [-0.3, -0.25) is 9.78 Å². The Kier molecular flexibility index (Phi) is 7.03. The van der Waals surface area contributed by atoms with Crippen LogP contribution in [0.3, 0.4) is 0 Å². The summed E-state index contributed by atoms with van der Waals surface area (Å²) in [5.74, 6) is -0.878. The molecule has 1 N–H and O–H groups in total. The van der Waals surface area contributed by atoms with Gasteiger partial charge in [0, 0.05) is 24.8 Å². The molecule has 0 saturated carbocycles. The van der Waals surface area contributed by atoms with Crippen molar-refractivity contribution in [1.29, 1.82) is 0 Å². The maximum absolute atomic E-state index is 12.2. The quantitative estimate of drug-likeness (QED) is 0.686. The average molecular weight is 391 g/mol. The lowest BCUT2D eigenvalue weighted by Gasteiger charge is -2.19. The lowest BCUT2D eigenvalue weighted by atomic mass is 10.2. The fourth-order valence-corrected chi connectivity index (χ4v) is 3.12. The van der Waals surface area contributed by atoms with Crippen LogP contribution in [-0.4, -0.2) is 49.5 Å². The molecule has 2 aromatic rings. The summed E-state index contributed by atoms with van der Waals surface area (Å²) in [7, 11) is -2.23. The van der Waals surface area contributed by atoms with Crippen molar-refractivity contribution in [3.05, 3.63) is 59.9 Å². The largest absolute Gasteiger partial charge is 0.465 e. The zero-order chi connectivity index (χ0) is 19.9. The van der Waals surface area contributed by atoms with E-state index in [-0.39, 0.29) is 25.4 Å². The SMILES string of the molecule is COC(=O)c1cccc(NC(=O)CCN(Cc2ccccn2)S(C)(=O)=O)c1. The Morgan fingerprint density at radius 3 is 2.59 bits per heavy atom. The summed E-state index contributed by atoms with van der Waals surface area (Å²) < 4.78 is 29.8. The fraction of sp³-hybridized carbons (Fsp3) is 0.278. The van der Waals surface area contributed by atoms with Gasteiger partial charge in [0.05, 0.1) is 31.2 Å². The molecule has 0 bridgehead atoms. The van der Waals surface area contributed by atoms with Crippen molar-refractivity contribution in [1.82, 2.24) is 9.29 Å². The molecule has 9 heteroatoms. The van der Waals surface area contributed by atoms with Crippen molar-refractivity contribution in [2.75, 3.05) is 25.2 Å². The number of nitrogens with one attached hydrogen (secondary N) is 1. The van der Waals surface area contributed by atoms with Gasteiger partial charge in [-0.05, 0) is 30.3 Å². The van der Waals surface area contributed by atoms with E-state index in [9.17, 15) is 18.0 Å². The molecule has 0 radical (unpaired) electrons. The minimum Gasteiger partial charge on any atom is -0.465 e. The second-order valence-electron chi connectivity index (χ2n) is 5.79. The van der Waals surface area contributed by atoms with E-state index in [1.807, 2.05) is 0 Å². The van der Waals surface area contributed by atoms with Crippen molar-refractivity contribution in [3.63, 3.8) is 0 Å². The van der Waals surface area contributed by atoms with Crippen LogP contribution in [0.2, 0.25) is 0 Å². The van der Waals surface area contributed by atoms with Crippen LogP contribution in [0.5, 0.6) is 0 Å². The van der Waals surface area contributed by atoms with Crippen LogP contribution in [0.15, 0.2) is 48.7 Å². The molecule has 0 fully saturated rings. The van der Waals surface area contributed by atoms with Gasteiger partial charge < -0.3 is 10.1 Å². The van der Waals surface area contributed by atoms with Gasteiger partial charge in [0.25, 0.3) is 0 Å². The summed E-state index contributed by atoms with van der Waals surface area (Å²) in [6.07, 6.45) is 2.63. The number of methoxy groups -OCH3 is 1. The van der Waals surface area contributed by atoms with Crippen molar-refractivity contribution < 1.29 is 22.7 Å². The van der Waals surface area contributed by atoms with E-state index in [0.717, 1.165) is 6.26 Å². The third-order valence-electron chi connectivity index (χ3n) is 3.69. The van der Waals surface area contributed by atoms with Crippen LogP contribution in [0.4, 0.5) is 5.69 Å². The molecule has 0 unspecified atom stereocenters. The molecule has 0 aliphatic rings. The van der Waals surface area contributed by atoms with E-state index in [4.69, 9.17) is 0 Å². The minimum absolute atomic E-state index is 0.0118. The molecule has 27 heavy (non-hydrogen) atoms. The molecular formula is C18H21N3O5S. The molecule has 1 amide bonds. The van der Waals surface area contributed by atoms with Crippen LogP contribution in [0.25, 0.3) is 0 Å². The first-order valence-electron chi connectivity index (χ1n) is 8.13. The monoisotopic (exact) mass is 391 g/mol. The Hall–Kier alpha value is -2.78. The van der Waals surface area contributed by atoms with Crippen molar-refractivity contribution in [3.8, 4) is 0 Å². The number of anilines is 1. The van der Waals surface area contributed by atoms with E-state index in [2.05, 4.69) is 15.0 Å². The van der Waals surface area contributed by atoms with Gasteiger partial charge in [0.1, 0.15) is 0 Å². The van der Waals surface area contributed by atoms with Crippen molar-refractivity contribution in [2.24, 2.45) is 0 Å². The molecule has 0 saturated heterocycles. The van der Waals surface area contributed by atoms with Gasteiger partial charge in [0.2, 0.25) is 15.9 Å². The molecule has 0 aliphatic heterocycles. The minimum atomic E-state index is -3.50. The van der Waals surface area contributed by atoms with Crippen molar-refractivity contribution in [2.45, 2.75) is 13.0 Å². The number of aromatic nitrogens is 1. The van der Waals surface area contributed by atoms with Crippen LogP contribution in [-0.2, 0) is 26.1 Å². The predicted molar refractivity (Wildman–Crippen MR) is 101 cm³/mol. The van der Waals surface area contributed by atoms with E-state index in [1.165, 1.54) is 17.5 Å². The Morgan fingerprint density at radius 1 is 1.19 bits per heavy atom. The molecule has 1 heterocycles. The number of ether oxygens (including phenoxy) is 1. The number of sulfonamides is 1. The summed E-state index contributed by atoms with van der Waals surface area (Å²) in [6.45, 7) is 0.0999. The normalized spacial score (nSPS) is 11.2. The number of carbonyl (C=O) groups is 2. The van der Waals surface area contributed by atoms with Gasteiger partial charge in [-0.1, -0.05) is 12.1 Å². The third-order valence-corrected chi connectivity index (χ3v) is 4.94. The fourth-order valence-electron chi connectivity index (χ4n) is 2.33. The Morgan fingerprint density at radius 2 is 1.96 bits per heavy atom. The van der Waals surface area contributed by atoms with E-state index in [1.54, 1.807) is 42.6 Å². The van der Waals surface area contributed by atoms with Crippen LogP contribution < -0.4 is 5.32 Å². The van der Waals surface area contributed by atoms with E-state index >= 15 is 0 Å². The van der Waals surface area contributed by atoms with Crippen LogP contribution in [0, 0.1) is 0 Å². The average Bonchev–Trinajstić information content (AvgIpc) is 2.64. The molecule has 0 spiro atoms. The molecule has 8 nitrogen and oxygen atoms in total. The topological polar surface area (TPSA) is 106 Å². The lowest BCUT2D eigenvalue weighted by Crippen LogP contribution is -2.32. The van der Waals surface area contributed by atoms with E-state index < -0.39 is 16.0 Å². The standard InChI is InChI=1S/C18H21N3O5S/c1-26-18(23)14-6-5-8-15(12-14)20-17(22)9-11-21(27(2,24)25)13-16-7-3-4-10-19-16/h3-8,10,12H,9,11,13H2,1-2H3,(H,20,22). The maximum atomic E-state index is 12.2. The number of pyridine rings is 1. The number of hydrogen-bond acceptors (Lipinski definition) is 6. The highest BCUT2D eigenvalue weighted by Crippen LogP contribution is 2.13. The lowest BCUT2D eigenvalue weighted by molar-refractivity contribution is -0.116. The summed E-state index contributed by atoms with van der Waals surface area (Å²) in [6, 6.07) is 11.5. The van der Waals surface area contributed by atoms with Gasteiger partial charge >= 0.3 is 5.97 Å². The van der Waals surface area contributed by atoms with Gasteiger partial charge in [0.15, 0.2) is 0 Å². The second-order valence-corrected chi connectivity index (χ2v) is 7.77. The zero-order valence-electron chi connectivity index (χ0n) is 15.1. The van der Waals surface area contributed by atoms with E-state index in [0.29, 0.717) is 16.9 Å². The number of esters is 1. The highest BCUT2D eigenvalue weighted by molar-refractivity contribution is 7.88. The number of nitrogens with zero attached hydrogens (tertiary/aromatic N) is 2. The van der Waals surface area contributed by atoms with Gasteiger partial charge in [-0.2, -0.15) is 4.31 Å². The van der Waals surface area contributed by atoms with Crippen LogP contribution >= 0.6 is 0 Å². The molecule has 144 valence electrons. The Bertz CT molecular complexity index is 900. The van der Waals surface area contributed by atoms with Gasteiger partial charge in [-0.15, -0.1) is 0 Å². The number of rotatable bonds is 8. The Labute approximate surface area is 158 Å². The first-order chi connectivity index (χ1) is 12.8. The number of amides is 1. The molecule has 1 aromatic carbocycles. The summed E-state index contributed by atoms with van der Waals surface area (Å²) in [5.41, 5.74) is 1.33. The van der Waals surface area contributed by atoms with Gasteiger partial charge in [-0.25, -0.2) is 13.2 Å². The summed E-state index contributed by atoms with van der Waals surface area (Å²) >= 11 is 0. The molecule has 0 atom stereocenters. The number of benzene rings is 1. The second kappa shape index (κ2) is 9.24. The summed E-state index contributed by atoms with van der Waals surface area (Å²) in [5, 5.41) is 2.65. The first-order valence-corrected chi connectivity index (χ1v) is 9.97. The number of hydrogen-bond donors (Lipinski definition) is 1. The summed E-state index contributed by atoms with van der Waals surface area (Å²) in [4.78, 5) is 27.8.